The second kappa shape index (κ2) is 9.22. The molecule has 0 unspecified atom stereocenters. The van der Waals surface area contributed by atoms with Crippen molar-refractivity contribution >= 4 is 5.97 Å². The Balaban J connectivity index is 1.63. The van der Waals surface area contributed by atoms with Gasteiger partial charge in [-0.05, 0) is 29.7 Å². The normalized spacial score (nSPS) is 15.9. The van der Waals surface area contributed by atoms with E-state index in [1.54, 1.807) is 14.2 Å². The van der Waals surface area contributed by atoms with E-state index >= 15 is 0 Å². The number of esters is 1. The first-order chi connectivity index (χ1) is 15.1. The highest BCUT2D eigenvalue weighted by atomic mass is 16.5. The van der Waals surface area contributed by atoms with Gasteiger partial charge in [0, 0.05) is 30.8 Å². The van der Waals surface area contributed by atoms with Crippen LogP contribution < -0.4 is 9.47 Å². The molecule has 0 aliphatic carbocycles. The van der Waals surface area contributed by atoms with Gasteiger partial charge in [-0.25, -0.2) is 0 Å². The molecule has 0 amide bonds. The number of hydrogen-bond donors (Lipinski definition) is 0. The summed E-state index contributed by atoms with van der Waals surface area (Å²) in [5, 5.41) is 4.26. The Morgan fingerprint density at radius 1 is 1.10 bits per heavy atom. The molecule has 0 saturated carbocycles. The molecule has 7 heteroatoms. The van der Waals surface area contributed by atoms with Crippen LogP contribution in [0.4, 0.5) is 0 Å². The number of methoxy groups -OCH3 is 3. The van der Waals surface area contributed by atoms with Crippen molar-refractivity contribution in [1.29, 1.82) is 0 Å². The lowest BCUT2D eigenvalue weighted by Gasteiger charge is -2.36. The molecule has 0 radical (unpaired) electrons. The van der Waals surface area contributed by atoms with E-state index < -0.39 is 0 Å². The maximum absolute atomic E-state index is 12.2. The zero-order chi connectivity index (χ0) is 21.8. The number of aromatic nitrogens is 1. The topological polar surface area (TPSA) is 74.0 Å². The van der Waals surface area contributed by atoms with E-state index in [1.807, 2.05) is 48.5 Å². The predicted octanol–water partition coefficient (Wildman–Crippen LogP) is 4.02. The van der Waals surface area contributed by atoms with Gasteiger partial charge in [0.1, 0.15) is 0 Å². The van der Waals surface area contributed by atoms with Crippen LogP contribution >= 0.6 is 0 Å². The van der Waals surface area contributed by atoms with E-state index in [0.29, 0.717) is 18.0 Å². The zero-order valence-electron chi connectivity index (χ0n) is 18.0. The van der Waals surface area contributed by atoms with E-state index in [1.165, 1.54) is 7.11 Å². The van der Waals surface area contributed by atoms with Crippen LogP contribution in [0.25, 0.3) is 11.3 Å². The highest BCUT2D eigenvalue weighted by Gasteiger charge is 2.31. The van der Waals surface area contributed by atoms with Crippen molar-refractivity contribution in [3.63, 3.8) is 0 Å². The van der Waals surface area contributed by atoms with Crippen molar-refractivity contribution in [3.05, 3.63) is 65.4 Å². The third kappa shape index (κ3) is 4.41. The van der Waals surface area contributed by atoms with E-state index in [2.05, 4.69) is 10.1 Å². The second-order valence-electron chi connectivity index (χ2n) is 7.47. The molecule has 2 aromatic carbocycles. The first-order valence-electron chi connectivity index (χ1n) is 10.2. The van der Waals surface area contributed by atoms with Gasteiger partial charge in [-0.3, -0.25) is 9.69 Å². The molecule has 1 atom stereocenters. The lowest BCUT2D eigenvalue weighted by atomic mass is 9.90. The van der Waals surface area contributed by atoms with Gasteiger partial charge in [0.15, 0.2) is 17.3 Å². The molecular formula is C24H26N2O5. The van der Waals surface area contributed by atoms with Gasteiger partial charge in [0.2, 0.25) is 0 Å². The summed E-state index contributed by atoms with van der Waals surface area (Å²) in [6.45, 7) is 1.34. The molecule has 0 spiro atoms. The molecule has 162 valence electrons. The zero-order valence-corrected chi connectivity index (χ0v) is 18.0. The summed E-state index contributed by atoms with van der Waals surface area (Å²) in [5.41, 5.74) is 3.99. The fraction of sp³-hybridized carbons (Fsp3) is 0.333. The van der Waals surface area contributed by atoms with Crippen LogP contribution in [-0.4, -0.2) is 43.9 Å². The maximum atomic E-state index is 12.2. The van der Waals surface area contributed by atoms with Crippen molar-refractivity contribution in [2.45, 2.75) is 25.4 Å². The van der Waals surface area contributed by atoms with Gasteiger partial charge in [-0.1, -0.05) is 35.5 Å². The lowest BCUT2D eigenvalue weighted by Crippen LogP contribution is -2.36. The van der Waals surface area contributed by atoms with Crippen molar-refractivity contribution in [2.24, 2.45) is 0 Å². The van der Waals surface area contributed by atoms with Crippen LogP contribution in [-0.2, 0) is 22.5 Å². The Labute approximate surface area is 181 Å². The van der Waals surface area contributed by atoms with Gasteiger partial charge in [0.05, 0.1) is 33.4 Å². The Morgan fingerprint density at radius 2 is 1.84 bits per heavy atom. The van der Waals surface area contributed by atoms with Gasteiger partial charge in [-0.2, -0.15) is 0 Å². The Kier molecular flexibility index (Phi) is 6.23. The SMILES string of the molecule is COC(=O)C[C@H]1c2cc(OC)c(OC)cc2CCN1Cc1cc(-c2ccccc2)on1. The van der Waals surface area contributed by atoms with E-state index in [0.717, 1.165) is 41.1 Å². The molecule has 1 aliphatic rings. The molecule has 1 aromatic heterocycles. The number of hydrogen-bond acceptors (Lipinski definition) is 7. The number of carbonyl (C=O) groups excluding carboxylic acids is 1. The second-order valence-corrected chi connectivity index (χ2v) is 7.47. The van der Waals surface area contributed by atoms with E-state index in [4.69, 9.17) is 18.7 Å². The number of nitrogens with zero attached hydrogens (tertiary/aromatic N) is 2. The number of rotatable bonds is 7. The first-order valence-corrected chi connectivity index (χ1v) is 10.2. The summed E-state index contributed by atoms with van der Waals surface area (Å²) in [5.74, 6) is 1.80. The van der Waals surface area contributed by atoms with Crippen LogP contribution in [0.5, 0.6) is 11.5 Å². The number of carbonyl (C=O) groups is 1. The molecule has 2 heterocycles. The Bertz CT molecular complexity index is 1050. The van der Waals surface area contributed by atoms with Crippen molar-refractivity contribution < 1.29 is 23.5 Å². The molecule has 0 saturated heterocycles. The smallest absolute Gasteiger partial charge is 0.307 e. The molecule has 0 N–H and O–H groups in total. The van der Waals surface area contributed by atoms with Crippen LogP contribution in [0.1, 0.15) is 29.3 Å². The number of ether oxygens (including phenoxy) is 3. The average molecular weight is 422 g/mol. The monoisotopic (exact) mass is 422 g/mol. The Morgan fingerprint density at radius 3 is 2.55 bits per heavy atom. The summed E-state index contributed by atoms with van der Waals surface area (Å²) < 4.78 is 21.5. The summed E-state index contributed by atoms with van der Waals surface area (Å²) >= 11 is 0. The van der Waals surface area contributed by atoms with E-state index in [9.17, 15) is 4.79 Å². The molecule has 0 fully saturated rings. The summed E-state index contributed by atoms with van der Waals surface area (Å²) in [7, 11) is 4.65. The van der Waals surface area contributed by atoms with Crippen molar-refractivity contribution in [2.75, 3.05) is 27.9 Å². The van der Waals surface area contributed by atoms with Gasteiger partial charge in [0.25, 0.3) is 0 Å². The third-order valence-corrected chi connectivity index (χ3v) is 5.68. The first kappa shape index (κ1) is 20.9. The largest absolute Gasteiger partial charge is 0.493 e. The third-order valence-electron chi connectivity index (χ3n) is 5.68. The molecule has 0 bridgehead atoms. The van der Waals surface area contributed by atoms with Crippen LogP contribution in [0.3, 0.4) is 0 Å². The summed E-state index contributed by atoms with van der Waals surface area (Å²) in [4.78, 5) is 14.4. The molecule has 1 aliphatic heterocycles. The maximum Gasteiger partial charge on any atom is 0.307 e. The fourth-order valence-electron chi connectivity index (χ4n) is 4.08. The van der Waals surface area contributed by atoms with Gasteiger partial charge < -0.3 is 18.7 Å². The average Bonchev–Trinajstić information content (AvgIpc) is 3.28. The number of benzene rings is 2. The van der Waals surface area contributed by atoms with Crippen molar-refractivity contribution in [1.82, 2.24) is 10.1 Å². The molecule has 4 rings (SSSR count). The van der Waals surface area contributed by atoms with Crippen LogP contribution in [0.15, 0.2) is 53.1 Å². The van der Waals surface area contributed by atoms with Gasteiger partial charge >= 0.3 is 5.97 Å². The molecule has 3 aromatic rings. The van der Waals surface area contributed by atoms with Crippen molar-refractivity contribution in [3.8, 4) is 22.8 Å². The standard InChI is InChI=1S/C24H26N2O5/c1-28-22-11-17-9-10-26(20(14-24(27)30-3)19(17)13-23(22)29-2)15-18-12-21(31-25-18)16-7-5-4-6-8-16/h4-8,11-13,20H,9-10,14-15H2,1-3H3/t20-/m0/s1. The minimum atomic E-state index is -0.261. The number of fused-ring (bicyclic) bond motifs is 1. The quantitative estimate of drug-likeness (QED) is 0.533. The summed E-state index contributed by atoms with van der Waals surface area (Å²) in [6, 6.07) is 15.6. The summed E-state index contributed by atoms with van der Waals surface area (Å²) in [6.07, 6.45) is 1.07. The molecule has 31 heavy (non-hydrogen) atoms. The minimum Gasteiger partial charge on any atom is -0.493 e. The molecule has 7 nitrogen and oxygen atoms in total. The fourth-order valence-corrected chi connectivity index (χ4v) is 4.08. The van der Waals surface area contributed by atoms with Crippen LogP contribution in [0.2, 0.25) is 0 Å². The predicted molar refractivity (Wildman–Crippen MR) is 115 cm³/mol. The Hall–Kier alpha value is -3.32. The minimum absolute atomic E-state index is 0.159. The molecular weight excluding hydrogens is 396 g/mol. The van der Waals surface area contributed by atoms with E-state index in [-0.39, 0.29) is 18.4 Å². The van der Waals surface area contributed by atoms with Gasteiger partial charge in [-0.15, -0.1) is 0 Å². The highest BCUT2D eigenvalue weighted by Crippen LogP contribution is 2.40. The van der Waals surface area contributed by atoms with Crippen LogP contribution in [0, 0.1) is 0 Å². The lowest BCUT2D eigenvalue weighted by molar-refractivity contribution is -0.142. The highest BCUT2D eigenvalue weighted by molar-refractivity contribution is 5.70.